The lowest BCUT2D eigenvalue weighted by atomic mass is 10.3. The van der Waals surface area contributed by atoms with E-state index in [-0.39, 0.29) is 34.8 Å². The van der Waals surface area contributed by atoms with E-state index in [1.54, 1.807) is 6.92 Å². The first-order valence-corrected chi connectivity index (χ1v) is 22.1. The highest BCUT2D eigenvalue weighted by atomic mass is 28.4. The van der Waals surface area contributed by atoms with E-state index in [0.717, 1.165) is 0 Å². The maximum Gasteiger partial charge on any atom is 0.333 e. The summed E-state index contributed by atoms with van der Waals surface area (Å²) in [6.45, 7) is 26.8. The number of hydrogen-bond acceptors (Lipinski definition) is 5. The van der Waals surface area contributed by atoms with Gasteiger partial charge in [0.05, 0.1) is 0 Å². The van der Waals surface area contributed by atoms with Crippen LogP contribution in [0.3, 0.4) is 0 Å². The molecule has 11 heteroatoms. The molecule has 0 aliphatic rings. The third-order valence-electron chi connectivity index (χ3n) is 2.77. The van der Waals surface area contributed by atoms with Gasteiger partial charge in [-0.3, -0.25) is 0 Å². The maximum absolute atomic E-state index is 12.5. The first kappa shape index (κ1) is 27.4. The summed E-state index contributed by atoms with van der Waals surface area (Å²) in [6, 6.07) is 0. The van der Waals surface area contributed by atoms with Crippen molar-refractivity contribution >= 4 is 60.2 Å². The molecule has 0 N–H and O–H groups in total. The topological polar surface area (TPSA) is 54.0 Å². The lowest BCUT2D eigenvalue weighted by molar-refractivity contribution is -0.144. The van der Waals surface area contributed by atoms with Gasteiger partial charge in [-0.25, -0.2) is 4.79 Å². The summed E-state index contributed by atoms with van der Waals surface area (Å²) in [7, 11) is -5.01. The molecule has 0 aliphatic heterocycles. The normalized spacial score (nSPS) is 14.8. The van der Waals surface area contributed by atoms with Crippen molar-refractivity contribution < 1.29 is 21.9 Å². The smallest absolute Gasteiger partial charge is 0.333 e. The second kappa shape index (κ2) is 10.4. The Morgan fingerprint density at radius 1 is 0.852 bits per heavy atom. The van der Waals surface area contributed by atoms with E-state index >= 15 is 0 Å². The van der Waals surface area contributed by atoms with Gasteiger partial charge >= 0.3 is 5.97 Å². The first-order chi connectivity index (χ1) is 11.9. The fourth-order valence-electron chi connectivity index (χ4n) is 1.37. The van der Waals surface area contributed by atoms with Gasteiger partial charge in [0.15, 0.2) is 25.0 Å². The van der Waals surface area contributed by atoms with E-state index in [9.17, 15) is 4.79 Å². The summed E-state index contributed by atoms with van der Waals surface area (Å²) in [6.07, 6.45) is 0. The molecular weight excluding hydrogens is 441 g/mol. The van der Waals surface area contributed by atoms with Crippen molar-refractivity contribution in [2.45, 2.75) is 83.2 Å². The van der Waals surface area contributed by atoms with Gasteiger partial charge in [-0.1, -0.05) is 13.5 Å². The summed E-state index contributed by atoms with van der Waals surface area (Å²) in [5, 5.41) is 0. The molecule has 0 rings (SSSR count). The van der Waals surface area contributed by atoms with Crippen molar-refractivity contribution in [2.75, 3.05) is 0 Å². The predicted molar refractivity (Wildman–Crippen MR) is 124 cm³/mol. The van der Waals surface area contributed by atoms with Crippen LogP contribution in [0.15, 0.2) is 12.2 Å². The Morgan fingerprint density at radius 2 is 1.22 bits per heavy atom. The fraction of sp³-hybridized carbons (Fsp3) is 0.812. The molecule has 27 heavy (non-hydrogen) atoms. The molecule has 0 aromatic carbocycles. The molecule has 6 radical (unpaired) electrons. The SMILES string of the molecule is C=C(C)C(=O)OC([Si]O[Si](C)(C)C)([Si]O[Si](C)(C)C)C(C)[Si]O[Si](C)(C)C. The van der Waals surface area contributed by atoms with Gasteiger partial charge in [0.25, 0.3) is 19.5 Å². The van der Waals surface area contributed by atoms with Crippen molar-refractivity contribution in [3.63, 3.8) is 0 Å². The average molecular weight is 477 g/mol. The molecule has 0 amide bonds. The van der Waals surface area contributed by atoms with E-state index < -0.39 is 35.8 Å². The van der Waals surface area contributed by atoms with Gasteiger partial charge in [0.2, 0.25) is 9.76 Å². The van der Waals surface area contributed by atoms with Crippen LogP contribution in [-0.4, -0.2) is 65.1 Å². The monoisotopic (exact) mass is 476 g/mol. The molecule has 0 aromatic rings. The highest BCUT2D eigenvalue weighted by Crippen LogP contribution is 2.29. The van der Waals surface area contributed by atoms with Crippen LogP contribution in [0.1, 0.15) is 13.8 Å². The number of carbonyl (C=O) groups excluding carboxylic acids is 1. The summed E-state index contributed by atoms with van der Waals surface area (Å²) in [5.74, 6) is -0.391. The highest BCUT2D eigenvalue weighted by Gasteiger charge is 2.47. The lowest BCUT2D eigenvalue weighted by Crippen LogP contribution is -2.57. The van der Waals surface area contributed by atoms with Gasteiger partial charge < -0.3 is 17.1 Å². The van der Waals surface area contributed by atoms with E-state index in [1.165, 1.54) is 0 Å². The Labute approximate surface area is 177 Å². The van der Waals surface area contributed by atoms with Crippen LogP contribution in [0.2, 0.25) is 64.5 Å². The molecule has 1 atom stereocenters. The van der Waals surface area contributed by atoms with Crippen LogP contribution < -0.4 is 0 Å². The van der Waals surface area contributed by atoms with Gasteiger partial charge in [0, 0.05) is 11.1 Å². The summed E-state index contributed by atoms with van der Waals surface area (Å²) < 4.78 is 24.7. The molecule has 0 aromatic heterocycles. The lowest BCUT2D eigenvalue weighted by Gasteiger charge is -2.39. The molecule has 1 unspecified atom stereocenters. The zero-order chi connectivity index (χ0) is 21.7. The Balaban J connectivity index is 5.78. The Kier molecular flexibility index (Phi) is 10.6. The van der Waals surface area contributed by atoms with Crippen LogP contribution in [0.5, 0.6) is 0 Å². The highest BCUT2D eigenvalue weighted by molar-refractivity contribution is 6.79. The third-order valence-corrected chi connectivity index (χ3v) is 15.0. The zero-order valence-corrected chi connectivity index (χ0v) is 24.8. The van der Waals surface area contributed by atoms with E-state index in [2.05, 4.69) is 72.4 Å². The van der Waals surface area contributed by atoms with Crippen molar-refractivity contribution in [1.82, 2.24) is 0 Å². The molecule has 0 bridgehead atoms. The van der Waals surface area contributed by atoms with E-state index in [0.29, 0.717) is 5.57 Å². The van der Waals surface area contributed by atoms with Crippen molar-refractivity contribution in [3.05, 3.63) is 12.2 Å². The molecule has 0 heterocycles. The Bertz CT molecular complexity index is 489. The second-order valence-corrected chi connectivity index (χ2v) is 28.2. The molecule has 0 saturated heterocycles. The Morgan fingerprint density at radius 3 is 1.52 bits per heavy atom. The quantitative estimate of drug-likeness (QED) is 0.242. The van der Waals surface area contributed by atoms with Crippen LogP contribution in [0, 0.1) is 0 Å². The minimum Gasteiger partial charge on any atom is -0.458 e. The van der Waals surface area contributed by atoms with Crippen LogP contribution in [0.25, 0.3) is 0 Å². The molecule has 0 spiro atoms. The number of rotatable bonds is 12. The minimum absolute atomic E-state index is 0.0168. The van der Waals surface area contributed by atoms with Gasteiger partial charge in [-0.05, 0) is 65.8 Å². The number of carbonyl (C=O) groups is 1. The zero-order valence-electron chi connectivity index (χ0n) is 18.8. The average Bonchev–Trinajstić information content (AvgIpc) is 2.45. The number of ether oxygens (including phenoxy) is 1. The molecule has 5 nitrogen and oxygen atoms in total. The molecule has 154 valence electrons. The maximum atomic E-state index is 12.5. The number of esters is 1. The van der Waals surface area contributed by atoms with E-state index in [4.69, 9.17) is 17.1 Å². The fourth-order valence-corrected chi connectivity index (χ4v) is 9.79. The molecule has 0 aliphatic carbocycles. The minimum atomic E-state index is -1.80. The van der Waals surface area contributed by atoms with Crippen LogP contribution in [-0.2, 0) is 21.9 Å². The van der Waals surface area contributed by atoms with Gasteiger partial charge in [0.1, 0.15) is 4.85 Å². The van der Waals surface area contributed by atoms with E-state index in [1.807, 2.05) is 0 Å². The largest absolute Gasteiger partial charge is 0.458 e. The molecule has 0 fully saturated rings. The summed E-state index contributed by atoms with van der Waals surface area (Å²) >= 11 is 0. The van der Waals surface area contributed by atoms with Gasteiger partial charge in [-0.2, -0.15) is 0 Å². The Hall–Kier alpha value is 0.391. The molecular formula is C16H36O5Si6. The predicted octanol–water partition coefficient (Wildman–Crippen LogP) is 3.98. The second-order valence-electron chi connectivity index (χ2n) is 9.59. The van der Waals surface area contributed by atoms with Crippen LogP contribution in [0.4, 0.5) is 0 Å². The van der Waals surface area contributed by atoms with Gasteiger partial charge in [-0.15, -0.1) is 0 Å². The van der Waals surface area contributed by atoms with Crippen LogP contribution >= 0.6 is 0 Å². The van der Waals surface area contributed by atoms with Crippen molar-refractivity contribution in [3.8, 4) is 0 Å². The molecule has 0 saturated carbocycles. The third kappa shape index (κ3) is 12.5. The summed E-state index contributed by atoms with van der Waals surface area (Å²) in [5.41, 5.74) is 0.369. The summed E-state index contributed by atoms with van der Waals surface area (Å²) in [4.78, 5) is 11.7. The standard InChI is InChI=1S/C16H36O5Si6/c1-13(2)15(17)18-16(23-20-26(7,8)9,24-21-27(10,11)12)14(3)22-19-25(4,5)6/h14H,1H2,2-12H3. The van der Waals surface area contributed by atoms with Crippen molar-refractivity contribution in [1.29, 1.82) is 0 Å². The van der Waals surface area contributed by atoms with Crippen molar-refractivity contribution in [2.24, 2.45) is 0 Å². The number of hydrogen-bond donors (Lipinski definition) is 0. The first-order valence-electron chi connectivity index (χ1n) is 9.10.